The van der Waals surface area contributed by atoms with Gasteiger partial charge in [0.2, 0.25) is 0 Å². The molecule has 140 valence electrons. The number of imidazole rings is 1. The van der Waals surface area contributed by atoms with E-state index >= 15 is 0 Å². The van der Waals surface area contributed by atoms with E-state index in [0.29, 0.717) is 5.69 Å². The number of fused-ring (bicyclic) bond motifs is 1. The predicted octanol–water partition coefficient (Wildman–Crippen LogP) is 1.56. The van der Waals surface area contributed by atoms with Crippen LogP contribution in [-0.4, -0.2) is 31.3 Å². The molecule has 0 amide bonds. The molecule has 3 aromatic rings. The maximum Gasteiger partial charge on any atom is 0.337 e. The summed E-state index contributed by atoms with van der Waals surface area (Å²) in [5, 5.41) is 0. The van der Waals surface area contributed by atoms with Gasteiger partial charge in [-0.15, -0.1) is 0 Å². The van der Waals surface area contributed by atoms with Crippen molar-refractivity contribution in [3.05, 3.63) is 57.0 Å². The molecule has 8 heteroatoms. The number of benzene rings is 1. The highest BCUT2D eigenvalue weighted by molar-refractivity contribution is 5.76. The summed E-state index contributed by atoms with van der Waals surface area (Å²) in [5.74, 6) is -0.456. The molecule has 0 radical (unpaired) electrons. The third kappa shape index (κ3) is 2.97. The average molecular weight is 368 g/mol. The maximum atomic E-state index is 13.1. The lowest BCUT2D eigenvalue weighted by molar-refractivity contribution is -0.143. The van der Waals surface area contributed by atoms with E-state index in [1.807, 2.05) is 25.1 Å². The van der Waals surface area contributed by atoms with Crippen molar-refractivity contribution in [2.75, 3.05) is 6.61 Å². The molecule has 0 bridgehead atoms. The van der Waals surface area contributed by atoms with Gasteiger partial charge in [-0.25, -0.2) is 14.3 Å². The van der Waals surface area contributed by atoms with Crippen molar-refractivity contribution in [2.45, 2.75) is 39.3 Å². The summed E-state index contributed by atoms with van der Waals surface area (Å²) in [4.78, 5) is 42.4. The number of carbonyl (C=O) groups is 1. The smallest absolute Gasteiger partial charge is 0.337 e. The van der Waals surface area contributed by atoms with Crippen molar-refractivity contribution in [1.82, 2.24) is 18.7 Å². The Morgan fingerprint density at radius 3 is 2.74 bits per heavy atom. The number of aromatic nitrogens is 4. The standard InChI is InChI=1S/C19H20N4O4/c1-3-27-15(24)10-21-11-20-17-16(21)18(25)23(13-7-8-13)19(26)22(17)14-6-4-5-12(2)9-14/h4-6,9,11,13H,3,7-8,10H2,1-2H3. The Bertz CT molecular complexity index is 1150. The second-order valence-corrected chi connectivity index (χ2v) is 6.71. The molecular weight excluding hydrogens is 348 g/mol. The number of hydrogen-bond acceptors (Lipinski definition) is 5. The summed E-state index contributed by atoms with van der Waals surface area (Å²) < 4.78 is 9.18. The highest BCUT2D eigenvalue weighted by Gasteiger charge is 2.30. The highest BCUT2D eigenvalue weighted by atomic mass is 16.5. The maximum absolute atomic E-state index is 13.1. The van der Waals surface area contributed by atoms with Crippen LogP contribution in [-0.2, 0) is 16.1 Å². The van der Waals surface area contributed by atoms with Gasteiger partial charge < -0.3 is 9.30 Å². The number of hydrogen-bond donors (Lipinski definition) is 0. The molecule has 1 aliphatic rings. The normalized spacial score (nSPS) is 13.9. The molecule has 0 unspecified atom stereocenters. The Labute approximate surface area is 154 Å². The number of aryl methyl sites for hydroxylation is 1. The first kappa shape index (κ1) is 17.3. The summed E-state index contributed by atoms with van der Waals surface area (Å²) in [6, 6.07) is 7.36. The molecule has 0 N–H and O–H groups in total. The van der Waals surface area contributed by atoms with E-state index in [0.717, 1.165) is 18.4 Å². The highest BCUT2D eigenvalue weighted by Crippen LogP contribution is 2.32. The molecule has 0 spiro atoms. The number of rotatable bonds is 5. The van der Waals surface area contributed by atoms with Crippen LogP contribution in [0.25, 0.3) is 16.9 Å². The molecule has 0 saturated heterocycles. The Balaban J connectivity index is 2.00. The summed E-state index contributed by atoms with van der Waals surface area (Å²) >= 11 is 0. The molecule has 4 rings (SSSR count). The first-order chi connectivity index (χ1) is 13.0. The third-order valence-electron chi connectivity index (χ3n) is 4.63. The Kier molecular flexibility index (Phi) is 4.18. The van der Waals surface area contributed by atoms with Crippen molar-refractivity contribution in [1.29, 1.82) is 0 Å². The molecule has 2 heterocycles. The quantitative estimate of drug-likeness (QED) is 0.638. The second-order valence-electron chi connectivity index (χ2n) is 6.71. The molecule has 1 fully saturated rings. The van der Waals surface area contributed by atoms with Gasteiger partial charge in [0.1, 0.15) is 6.54 Å². The lowest BCUT2D eigenvalue weighted by Crippen LogP contribution is -2.39. The van der Waals surface area contributed by atoms with Crippen LogP contribution >= 0.6 is 0 Å². The van der Waals surface area contributed by atoms with Gasteiger partial charge in [-0.05, 0) is 44.4 Å². The number of carbonyl (C=O) groups excluding carboxylic acids is 1. The van der Waals surface area contributed by atoms with Gasteiger partial charge in [-0.1, -0.05) is 12.1 Å². The molecule has 8 nitrogen and oxygen atoms in total. The lowest BCUT2D eigenvalue weighted by Gasteiger charge is -2.12. The van der Waals surface area contributed by atoms with E-state index in [1.54, 1.807) is 13.0 Å². The number of nitrogens with zero attached hydrogens (tertiary/aromatic N) is 4. The monoisotopic (exact) mass is 368 g/mol. The van der Waals surface area contributed by atoms with Crippen molar-refractivity contribution >= 4 is 17.1 Å². The molecule has 1 aliphatic carbocycles. The van der Waals surface area contributed by atoms with Gasteiger partial charge in [0.25, 0.3) is 5.56 Å². The van der Waals surface area contributed by atoms with Gasteiger partial charge in [0.15, 0.2) is 11.2 Å². The molecule has 0 aliphatic heterocycles. The van der Waals surface area contributed by atoms with Crippen molar-refractivity contribution < 1.29 is 9.53 Å². The van der Waals surface area contributed by atoms with E-state index in [4.69, 9.17) is 4.74 Å². The van der Waals surface area contributed by atoms with E-state index in [1.165, 1.54) is 20.0 Å². The molecule has 1 saturated carbocycles. The van der Waals surface area contributed by atoms with Gasteiger partial charge in [0.05, 0.1) is 18.6 Å². The van der Waals surface area contributed by atoms with E-state index in [-0.39, 0.29) is 30.4 Å². The zero-order valence-corrected chi connectivity index (χ0v) is 15.2. The van der Waals surface area contributed by atoms with Gasteiger partial charge in [-0.2, -0.15) is 0 Å². The topological polar surface area (TPSA) is 88.1 Å². The van der Waals surface area contributed by atoms with Crippen molar-refractivity contribution in [2.24, 2.45) is 0 Å². The molecule has 0 atom stereocenters. The number of esters is 1. The first-order valence-corrected chi connectivity index (χ1v) is 8.96. The van der Waals surface area contributed by atoms with Gasteiger partial charge >= 0.3 is 11.7 Å². The average Bonchev–Trinajstić information content (AvgIpc) is 3.36. The van der Waals surface area contributed by atoms with E-state index in [2.05, 4.69) is 4.98 Å². The van der Waals surface area contributed by atoms with Crippen LogP contribution < -0.4 is 11.2 Å². The van der Waals surface area contributed by atoms with Gasteiger partial charge in [0, 0.05) is 6.04 Å². The molecular formula is C19H20N4O4. The van der Waals surface area contributed by atoms with Crippen LogP contribution in [0.1, 0.15) is 31.4 Å². The Morgan fingerprint density at radius 1 is 1.30 bits per heavy atom. The minimum Gasteiger partial charge on any atom is -0.465 e. The van der Waals surface area contributed by atoms with Crippen LogP contribution in [0.2, 0.25) is 0 Å². The van der Waals surface area contributed by atoms with Crippen LogP contribution in [0, 0.1) is 6.92 Å². The molecule has 27 heavy (non-hydrogen) atoms. The van der Waals surface area contributed by atoms with E-state index in [9.17, 15) is 14.4 Å². The molecule has 1 aromatic carbocycles. The largest absolute Gasteiger partial charge is 0.465 e. The summed E-state index contributed by atoms with van der Waals surface area (Å²) in [6.07, 6.45) is 2.99. The first-order valence-electron chi connectivity index (χ1n) is 8.96. The number of ether oxygens (including phenoxy) is 1. The minimum atomic E-state index is -0.456. The zero-order chi connectivity index (χ0) is 19.1. The van der Waals surface area contributed by atoms with Crippen LogP contribution in [0.5, 0.6) is 0 Å². The lowest BCUT2D eigenvalue weighted by atomic mass is 10.2. The van der Waals surface area contributed by atoms with Crippen LogP contribution in [0.3, 0.4) is 0 Å². The predicted molar refractivity (Wildman–Crippen MR) is 99.2 cm³/mol. The van der Waals surface area contributed by atoms with Crippen molar-refractivity contribution in [3.8, 4) is 5.69 Å². The van der Waals surface area contributed by atoms with Gasteiger partial charge in [-0.3, -0.25) is 14.2 Å². The second kappa shape index (κ2) is 6.53. The summed E-state index contributed by atoms with van der Waals surface area (Å²) in [6.45, 7) is 3.78. The van der Waals surface area contributed by atoms with Crippen molar-refractivity contribution in [3.63, 3.8) is 0 Å². The van der Waals surface area contributed by atoms with E-state index < -0.39 is 17.2 Å². The van der Waals surface area contributed by atoms with Crippen LogP contribution in [0.4, 0.5) is 0 Å². The molecule has 2 aromatic heterocycles. The third-order valence-corrected chi connectivity index (χ3v) is 4.63. The Morgan fingerprint density at radius 2 is 2.07 bits per heavy atom. The fourth-order valence-electron chi connectivity index (χ4n) is 3.27. The summed E-state index contributed by atoms with van der Waals surface area (Å²) in [7, 11) is 0. The fourth-order valence-corrected chi connectivity index (χ4v) is 3.27. The van der Waals surface area contributed by atoms with Crippen LogP contribution in [0.15, 0.2) is 40.2 Å². The zero-order valence-electron chi connectivity index (χ0n) is 15.2. The SMILES string of the molecule is CCOC(=O)Cn1cnc2c1c(=O)n(C1CC1)c(=O)n2-c1cccc(C)c1. The fraction of sp³-hybridized carbons (Fsp3) is 0.368. The minimum absolute atomic E-state index is 0.101. The Hall–Kier alpha value is -3.16. The summed E-state index contributed by atoms with van der Waals surface area (Å²) in [5.41, 5.74) is 1.29.